The first-order valence-corrected chi connectivity index (χ1v) is 29.9. The van der Waals surface area contributed by atoms with Crippen molar-refractivity contribution in [3.05, 3.63) is 220 Å². The van der Waals surface area contributed by atoms with Crippen molar-refractivity contribution in [3.63, 3.8) is 0 Å². The van der Waals surface area contributed by atoms with Gasteiger partial charge >= 0.3 is 47.5 Å². The van der Waals surface area contributed by atoms with Gasteiger partial charge in [0, 0.05) is 13.1 Å². The van der Waals surface area contributed by atoms with E-state index in [0.717, 1.165) is 53.5 Å². The van der Waals surface area contributed by atoms with Gasteiger partial charge in [-0.05, 0) is 137 Å². The Balaban J connectivity index is 0. The van der Waals surface area contributed by atoms with Crippen LogP contribution in [-0.4, -0.2) is 89.4 Å². The number of ether oxygens (including phenoxy) is 3. The molecular formula is C61H59Cl12N2NaO10S. The number of nitriles is 1. The molecule has 0 radical (unpaired) electrons. The van der Waals surface area contributed by atoms with Crippen LogP contribution < -0.4 is 29.6 Å². The molecule has 1 fully saturated rings. The van der Waals surface area contributed by atoms with Gasteiger partial charge in [0.1, 0.15) is 0 Å². The van der Waals surface area contributed by atoms with Gasteiger partial charge in [0.2, 0.25) is 10.5 Å². The van der Waals surface area contributed by atoms with Gasteiger partial charge in [-0.3, -0.25) is 24.0 Å². The number of carbonyl (C=O) groups is 5. The van der Waals surface area contributed by atoms with Gasteiger partial charge < -0.3 is 29.7 Å². The van der Waals surface area contributed by atoms with Crippen molar-refractivity contribution in [2.24, 2.45) is 0 Å². The molecular weight excluding hydrogens is 1400 g/mol. The number of methoxy groups -OCH3 is 2. The van der Waals surface area contributed by atoms with Crippen molar-refractivity contribution in [2.75, 3.05) is 40.5 Å². The first-order chi connectivity index (χ1) is 40.2. The second-order valence-electron chi connectivity index (χ2n) is 17.3. The molecule has 1 aliphatic rings. The summed E-state index contributed by atoms with van der Waals surface area (Å²) in [6.07, 6.45) is 8.95. The van der Waals surface area contributed by atoms with Crippen LogP contribution in [0.15, 0.2) is 142 Å². The third-order valence-corrected chi connectivity index (χ3v) is 16.1. The van der Waals surface area contributed by atoms with E-state index in [1.807, 2.05) is 11.0 Å². The maximum Gasteiger partial charge on any atom is 1.00 e. The third kappa shape index (κ3) is 32.4. The second-order valence-corrected chi connectivity index (χ2v) is 22.6. The Morgan fingerprint density at radius 3 is 1.18 bits per heavy atom. The first-order valence-electron chi connectivity index (χ1n) is 24.9. The van der Waals surface area contributed by atoms with Gasteiger partial charge in [0.05, 0.1) is 125 Å². The topological polar surface area (TPSA) is 190 Å². The molecule has 87 heavy (non-hydrogen) atoms. The van der Waals surface area contributed by atoms with Crippen molar-refractivity contribution in [1.82, 2.24) is 4.90 Å². The summed E-state index contributed by atoms with van der Waals surface area (Å²) in [7, 11) is 2.70. The Morgan fingerprint density at radius 2 is 0.885 bits per heavy atom. The van der Waals surface area contributed by atoms with Gasteiger partial charge in [-0.1, -0.05) is 183 Å². The summed E-state index contributed by atoms with van der Waals surface area (Å²) in [4.78, 5) is 58.5. The number of morpholine rings is 1. The minimum absolute atomic E-state index is 0. The summed E-state index contributed by atoms with van der Waals surface area (Å²) in [6, 6.07) is 27.1. The number of nitrogens with zero attached hydrogens (tertiary/aromatic N) is 2. The molecule has 0 saturated carbocycles. The summed E-state index contributed by atoms with van der Waals surface area (Å²) < 4.78 is 14.4. The van der Waals surface area contributed by atoms with Gasteiger partial charge in [0.25, 0.3) is 0 Å². The Labute approximate surface area is 595 Å². The number of carbonyl (C=O) groups excluding carboxylic acids is 4. The zero-order valence-electron chi connectivity index (χ0n) is 47.2. The molecule has 1 heterocycles. The van der Waals surface area contributed by atoms with E-state index in [0.29, 0.717) is 87.9 Å². The van der Waals surface area contributed by atoms with Crippen LogP contribution in [0.2, 0.25) is 50.2 Å². The quantitative estimate of drug-likeness (QED) is 0.0270. The Kier molecular flexibility index (Phi) is 46.8. The maximum absolute atomic E-state index is 11.6. The number of halogens is 12. The van der Waals surface area contributed by atoms with Crippen LogP contribution in [0.4, 0.5) is 0 Å². The number of esters is 2. The first kappa shape index (κ1) is 85.7. The van der Waals surface area contributed by atoms with E-state index in [4.69, 9.17) is 171 Å². The zero-order chi connectivity index (χ0) is 64.3. The van der Waals surface area contributed by atoms with Crippen LogP contribution in [0.5, 0.6) is 0 Å². The SMILES string of the molecule is C=CCC(C(=O)Cl)c1ccc(Cl)c(Cl)c1.C=CCC(C(=O)Cl)c1ccc(Cl)c(Cl)c1.C=CCC(C(=O)O)c1ccc(Cl)c(Cl)c1.C=CCC(C(=O)OC)c1ccc(Cl)c(Cl)c1.COC(=O)Cc1ccc(Cl)c(Cl)c1.N#CCC(=S)N1CCOCC1.[Na+].[OH-]. The van der Waals surface area contributed by atoms with E-state index in [1.165, 1.54) is 14.2 Å². The molecule has 1 aliphatic heterocycles. The number of allylic oxidation sites excluding steroid dienone is 4. The Morgan fingerprint density at radius 1 is 0.563 bits per heavy atom. The fourth-order valence-electron chi connectivity index (χ4n) is 7.07. The zero-order valence-corrected chi connectivity index (χ0v) is 59.1. The molecule has 1 saturated heterocycles. The monoisotopic (exact) mass is 1450 g/mol. The molecule has 2 N–H and O–H groups in total. The third-order valence-electron chi connectivity index (χ3n) is 11.5. The normalized spacial score (nSPS) is 12.2. The van der Waals surface area contributed by atoms with Gasteiger partial charge in [0.15, 0.2) is 0 Å². The summed E-state index contributed by atoms with van der Waals surface area (Å²) in [5.74, 6) is -3.29. The Hall–Kier alpha value is -3.41. The number of carboxylic acids is 1. The summed E-state index contributed by atoms with van der Waals surface area (Å²) >= 11 is 74.0. The van der Waals surface area contributed by atoms with E-state index in [1.54, 1.807) is 115 Å². The van der Waals surface area contributed by atoms with Crippen molar-refractivity contribution in [2.45, 2.75) is 62.2 Å². The van der Waals surface area contributed by atoms with Crippen molar-refractivity contribution < 1.29 is 78.3 Å². The standard InChI is InChI=1S/C12H12Cl2O2.2C11H9Cl3O.C11H10Cl2O2.C9H8Cl2O2.C7H10N2OS.Na.H2O/c1-3-4-9(12(15)16-2)8-5-6-10(13)11(14)7-8;3*1-2-3-8(11(14)15)7-4-5-9(12)10(13)6-7;1-13-9(12)5-6-2-3-7(10)8(11)4-6;8-2-1-7(11)9-3-5-10-6-4-9;;/h3,5-7,9H,1,4H2,2H3;2*2,4-6,8H,1,3H2;2,4-6,8H,1,3H2,(H,14,15);2-4H,5H2,1H3;1,3-6H2;;1H2/q;;;;;;+1;/p-1. The van der Waals surface area contributed by atoms with E-state index >= 15 is 0 Å². The van der Waals surface area contributed by atoms with Crippen molar-refractivity contribution in [3.8, 4) is 6.07 Å². The Bertz CT molecular complexity index is 2970. The number of thiocarbonyl (C=S) groups is 1. The number of carboxylic acid groups (broad SMARTS) is 1. The largest absolute Gasteiger partial charge is 1.00 e. The van der Waals surface area contributed by atoms with Crippen LogP contribution in [0.25, 0.3) is 0 Å². The molecule has 0 spiro atoms. The molecule has 4 unspecified atom stereocenters. The van der Waals surface area contributed by atoms with E-state index in [2.05, 4.69) is 31.1 Å². The minimum Gasteiger partial charge on any atom is -0.870 e. The van der Waals surface area contributed by atoms with Gasteiger partial charge in [-0.25, -0.2) is 0 Å². The van der Waals surface area contributed by atoms with E-state index in [9.17, 15) is 24.0 Å². The second kappa shape index (κ2) is 47.5. The minimum atomic E-state index is -0.895. The van der Waals surface area contributed by atoms with Gasteiger partial charge in [-0.2, -0.15) is 5.26 Å². The van der Waals surface area contributed by atoms with Crippen LogP contribution >= 0.6 is 151 Å². The predicted octanol–water partition coefficient (Wildman–Crippen LogP) is 16.5. The van der Waals surface area contributed by atoms with Crippen LogP contribution in [0, 0.1) is 11.3 Å². The van der Waals surface area contributed by atoms with E-state index in [-0.39, 0.29) is 59.3 Å². The molecule has 0 aromatic heterocycles. The smallest absolute Gasteiger partial charge is 0.870 e. The molecule has 0 amide bonds. The fraction of sp³-hybridized carbons (Fsp3) is 0.262. The van der Waals surface area contributed by atoms with Gasteiger partial charge in [-0.15, -0.1) is 26.3 Å². The molecule has 5 aromatic rings. The van der Waals surface area contributed by atoms with Crippen molar-refractivity contribution >= 4 is 185 Å². The summed E-state index contributed by atoms with van der Waals surface area (Å²) in [6.45, 7) is 17.4. The number of rotatable bonds is 19. The predicted molar refractivity (Wildman–Crippen MR) is 357 cm³/mol. The number of hydrogen-bond donors (Lipinski definition) is 1. The van der Waals surface area contributed by atoms with Crippen LogP contribution in [0.3, 0.4) is 0 Å². The molecule has 5 aromatic carbocycles. The number of benzene rings is 5. The fourth-order valence-corrected chi connectivity index (χ4v) is 9.30. The van der Waals surface area contributed by atoms with Crippen LogP contribution in [0.1, 0.15) is 83.6 Å². The number of hydrogen-bond acceptors (Lipinski definition) is 11. The average Bonchev–Trinajstić information content (AvgIpc) is 3.10. The maximum atomic E-state index is 11.6. The van der Waals surface area contributed by atoms with Crippen LogP contribution in [-0.2, 0) is 44.6 Å². The summed E-state index contributed by atoms with van der Waals surface area (Å²) in [5.41, 5.74) is 3.72. The molecule has 6 rings (SSSR count). The van der Waals surface area contributed by atoms with E-state index < -0.39 is 34.2 Å². The number of aliphatic carboxylic acids is 1. The average molecular weight is 1460 g/mol. The molecule has 26 heteroatoms. The molecule has 12 nitrogen and oxygen atoms in total. The summed E-state index contributed by atoms with van der Waals surface area (Å²) in [5, 5.41) is 20.9. The molecule has 0 bridgehead atoms. The van der Waals surface area contributed by atoms with Crippen molar-refractivity contribution in [1.29, 1.82) is 5.26 Å². The molecule has 464 valence electrons. The molecule has 4 atom stereocenters. The molecule has 0 aliphatic carbocycles.